The van der Waals surface area contributed by atoms with Crippen molar-refractivity contribution in [3.8, 4) is 0 Å². The molecule has 0 aromatic heterocycles. The Hall–Kier alpha value is -0.120. The molecule has 0 saturated carbocycles. The lowest BCUT2D eigenvalue weighted by atomic mass is 9.84. The van der Waals surface area contributed by atoms with Crippen molar-refractivity contribution >= 4 is 0 Å². The summed E-state index contributed by atoms with van der Waals surface area (Å²) in [7, 11) is 0. The van der Waals surface area contributed by atoms with E-state index in [0.717, 1.165) is 19.7 Å². The Morgan fingerprint density at radius 3 is 2.42 bits per heavy atom. The average molecular weight is 270 g/mol. The zero-order valence-electron chi connectivity index (χ0n) is 13.5. The standard InChI is InChI=1S/C16H34N2O/c1-5-10-16(4,13-17-6-2)14-18-11-8-15(9-12-18)19-7-3/h15,17H,5-14H2,1-4H3. The molecule has 1 N–H and O–H groups in total. The molecule has 0 aliphatic carbocycles. The molecular weight excluding hydrogens is 236 g/mol. The van der Waals surface area contributed by atoms with Crippen LogP contribution in [-0.2, 0) is 4.74 Å². The summed E-state index contributed by atoms with van der Waals surface area (Å²) in [5, 5.41) is 3.54. The second kappa shape index (κ2) is 8.93. The van der Waals surface area contributed by atoms with Crippen LogP contribution in [0.3, 0.4) is 0 Å². The maximum atomic E-state index is 5.73. The van der Waals surface area contributed by atoms with Gasteiger partial charge in [-0.25, -0.2) is 0 Å². The minimum atomic E-state index is 0.420. The van der Waals surface area contributed by atoms with E-state index in [2.05, 4.69) is 37.9 Å². The minimum Gasteiger partial charge on any atom is -0.378 e. The first-order valence-electron chi connectivity index (χ1n) is 8.18. The van der Waals surface area contributed by atoms with Gasteiger partial charge in [0, 0.05) is 32.8 Å². The second-order valence-corrected chi connectivity index (χ2v) is 6.27. The fraction of sp³-hybridized carbons (Fsp3) is 1.00. The van der Waals surface area contributed by atoms with Gasteiger partial charge in [0.05, 0.1) is 6.10 Å². The molecule has 0 radical (unpaired) electrons. The van der Waals surface area contributed by atoms with E-state index in [1.165, 1.54) is 45.3 Å². The molecule has 1 heterocycles. The molecule has 1 saturated heterocycles. The fourth-order valence-corrected chi connectivity index (χ4v) is 3.26. The first-order valence-corrected chi connectivity index (χ1v) is 8.18. The van der Waals surface area contributed by atoms with E-state index in [9.17, 15) is 0 Å². The third-order valence-electron chi connectivity index (χ3n) is 4.20. The lowest BCUT2D eigenvalue weighted by Gasteiger charge is -2.39. The number of piperidine rings is 1. The van der Waals surface area contributed by atoms with Gasteiger partial charge in [-0.1, -0.05) is 27.2 Å². The number of hydrogen-bond acceptors (Lipinski definition) is 3. The maximum Gasteiger partial charge on any atom is 0.0599 e. The van der Waals surface area contributed by atoms with Crippen molar-refractivity contribution in [1.29, 1.82) is 0 Å². The number of nitrogens with one attached hydrogen (secondary N) is 1. The molecule has 114 valence electrons. The highest BCUT2D eigenvalue weighted by Gasteiger charge is 2.28. The molecule has 1 fully saturated rings. The summed E-state index contributed by atoms with van der Waals surface area (Å²) in [5.41, 5.74) is 0.420. The van der Waals surface area contributed by atoms with Gasteiger partial charge in [-0.15, -0.1) is 0 Å². The SMILES string of the molecule is CCCC(C)(CNCC)CN1CCC(OCC)CC1. The van der Waals surface area contributed by atoms with Crippen molar-refractivity contribution in [3.63, 3.8) is 0 Å². The zero-order chi connectivity index (χ0) is 14.1. The van der Waals surface area contributed by atoms with Crippen LogP contribution in [0, 0.1) is 5.41 Å². The molecule has 19 heavy (non-hydrogen) atoms. The van der Waals surface area contributed by atoms with E-state index in [0.29, 0.717) is 11.5 Å². The molecule has 3 heteroatoms. The molecule has 1 aliphatic rings. The molecule has 1 unspecified atom stereocenters. The molecule has 1 aliphatic heterocycles. The number of hydrogen-bond donors (Lipinski definition) is 1. The summed E-state index contributed by atoms with van der Waals surface area (Å²) in [4.78, 5) is 2.64. The zero-order valence-corrected chi connectivity index (χ0v) is 13.5. The van der Waals surface area contributed by atoms with Crippen LogP contribution in [0.25, 0.3) is 0 Å². The van der Waals surface area contributed by atoms with E-state index in [1.54, 1.807) is 0 Å². The topological polar surface area (TPSA) is 24.5 Å². The normalized spacial score (nSPS) is 21.5. The van der Waals surface area contributed by atoms with Crippen LogP contribution in [0.5, 0.6) is 0 Å². The highest BCUT2D eigenvalue weighted by Crippen LogP contribution is 2.26. The van der Waals surface area contributed by atoms with Gasteiger partial charge in [0.25, 0.3) is 0 Å². The van der Waals surface area contributed by atoms with Crippen LogP contribution < -0.4 is 5.32 Å². The predicted molar refractivity (Wildman–Crippen MR) is 82.6 cm³/mol. The van der Waals surface area contributed by atoms with Crippen LogP contribution >= 0.6 is 0 Å². The second-order valence-electron chi connectivity index (χ2n) is 6.27. The van der Waals surface area contributed by atoms with Crippen molar-refractivity contribution in [2.75, 3.05) is 39.3 Å². The highest BCUT2D eigenvalue weighted by molar-refractivity contribution is 4.83. The van der Waals surface area contributed by atoms with Crippen LogP contribution in [-0.4, -0.2) is 50.3 Å². The van der Waals surface area contributed by atoms with Gasteiger partial charge >= 0.3 is 0 Å². The van der Waals surface area contributed by atoms with Crippen LogP contribution in [0.1, 0.15) is 53.4 Å². The molecule has 0 spiro atoms. The third-order valence-corrected chi connectivity index (χ3v) is 4.20. The Morgan fingerprint density at radius 2 is 1.89 bits per heavy atom. The number of ether oxygens (including phenoxy) is 1. The number of nitrogens with zero attached hydrogens (tertiary/aromatic N) is 1. The molecule has 0 amide bonds. The molecule has 0 aromatic carbocycles. The van der Waals surface area contributed by atoms with Gasteiger partial charge in [0.1, 0.15) is 0 Å². The van der Waals surface area contributed by atoms with Gasteiger partial charge in [0.15, 0.2) is 0 Å². The van der Waals surface area contributed by atoms with Crippen molar-refractivity contribution < 1.29 is 4.74 Å². The smallest absolute Gasteiger partial charge is 0.0599 e. The van der Waals surface area contributed by atoms with Crippen LogP contribution in [0.4, 0.5) is 0 Å². The Kier molecular flexibility index (Phi) is 7.96. The molecular formula is C16H34N2O. The summed E-state index contributed by atoms with van der Waals surface area (Å²) >= 11 is 0. The molecule has 0 aromatic rings. The number of rotatable bonds is 9. The quantitative estimate of drug-likeness (QED) is 0.697. The van der Waals surface area contributed by atoms with Gasteiger partial charge in [-0.2, -0.15) is 0 Å². The van der Waals surface area contributed by atoms with Crippen molar-refractivity contribution in [2.24, 2.45) is 5.41 Å². The molecule has 1 atom stereocenters. The number of likely N-dealkylation sites (tertiary alicyclic amines) is 1. The monoisotopic (exact) mass is 270 g/mol. The predicted octanol–water partition coefficient (Wildman–Crippen LogP) is 2.90. The summed E-state index contributed by atoms with van der Waals surface area (Å²) < 4.78 is 5.73. The largest absolute Gasteiger partial charge is 0.378 e. The maximum absolute atomic E-state index is 5.73. The Balaban J connectivity index is 2.38. The first kappa shape index (κ1) is 16.9. The van der Waals surface area contributed by atoms with Crippen molar-refractivity contribution in [2.45, 2.75) is 59.5 Å². The van der Waals surface area contributed by atoms with E-state index in [1.807, 2.05) is 0 Å². The molecule has 3 nitrogen and oxygen atoms in total. The summed E-state index contributed by atoms with van der Waals surface area (Å²) in [6.45, 7) is 15.7. The fourth-order valence-electron chi connectivity index (χ4n) is 3.26. The average Bonchev–Trinajstić information content (AvgIpc) is 2.39. The third kappa shape index (κ3) is 6.24. The lowest BCUT2D eigenvalue weighted by Crippen LogP contribution is -2.46. The molecule has 0 bridgehead atoms. The van der Waals surface area contributed by atoms with Crippen molar-refractivity contribution in [3.05, 3.63) is 0 Å². The summed E-state index contributed by atoms with van der Waals surface area (Å²) in [6.07, 6.45) is 5.50. The highest BCUT2D eigenvalue weighted by atomic mass is 16.5. The minimum absolute atomic E-state index is 0.420. The molecule has 1 rings (SSSR count). The summed E-state index contributed by atoms with van der Waals surface area (Å²) in [5.74, 6) is 0. The Bertz CT molecular complexity index is 227. The van der Waals surface area contributed by atoms with E-state index in [-0.39, 0.29) is 0 Å². The van der Waals surface area contributed by atoms with Gasteiger partial charge in [0.2, 0.25) is 0 Å². The Labute approximate surface area is 120 Å². The van der Waals surface area contributed by atoms with Crippen molar-refractivity contribution in [1.82, 2.24) is 10.2 Å². The van der Waals surface area contributed by atoms with Crippen LogP contribution in [0.15, 0.2) is 0 Å². The van der Waals surface area contributed by atoms with Crippen LogP contribution in [0.2, 0.25) is 0 Å². The lowest BCUT2D eigenvalue weighted by molar-refractivity contribution is 0.00448. The van der Waals surface area contributed by atoms with Gasteiger partial charge in [-0.3, -0.25) is 0 Å². The van der Waals surface area contributed by atoms with Gasteiger partial charge in [-0.05, 0) is 38.1 Å². The van der Waals surface area contributed by atoms with E-state index >= 15 is 0 Å². The van der Waals surface area contributed by atoms with E-state index in [4.69, 9.17) is 4.74 Å². The van der Waals surface area contributed by atoms with Gasteiger partial charge < -0.3 is 15.0 Å². The Morgan fingerprint density at radius 1 is 1.21 bits per heavy atom. The summed E-state index contributed by atoms with van der Waals surface area (Å²) in [6, 6.07) is 0. The van der Waals surface area contributed by atoms with E-state index < -0.39 is 0 Å². The first-order chi connectivity index (χ1) is 9.13.